The number of carbonyl (C=O) groups excluding carboxylic acids is 2. The minimum Gasteiger partial charge on any atom is -0.508 e. The van der Waals surface area contributed by atoms with Crippen molar-refractivity contribution in [3.05, 3.63) is 64.2 Å². The van der Waals surface area contributed by atoms with E-state index in [1.54, 1.807) is 32.0 Å². The molecule has 0 fully saturated rings. The molecule has 0 radical (unpaired) electrons. The molecule has 0 spiro atoms. The minimum absolute atomic E-state index is 0.0777. The number of carbonyl (C=O) groups is 2. The maximum absolute atomic E-state index is 13.1. The van der Waals surface area contributed by atoms with Crippen molar-refractivity contribution >= 4 is 23.5 Å². The van der Waals surface area contributed by atoms with Crippen molar-refractivity contribution in [2.45, 2.75) is 38.7 Å². The van der Waals surface area contributed by atoms with Crippen LogP contribution in [0.3, 0.4) is 0 Å². The molecule has 5 nitrogen and oxygen atoms in total. The van der Waals surface area contributed by atoms with Crippen LogP contribution in [0.15, 0.2) is 42.5 Å². The van der Waals surface area contributed by atoms with Gasteiger partial charge in [0.1, 0.15) is 11.4 Å². The van der Waals surface area contributed by atoms with Gasteiger partial charge in [0.15, 0.2) is 5.78 Å². The van der Waals surface area contributed by atoms with Gasteiger partial charge < -0.3 is 15.6 Å². The smallest absolute Gasteiger partial charge is 0.405 e. The van der Waals surface area contributed by atoms with Crippen molar-refractivity contribution < 1.29 is 19.4 Å². The predicted octanol–water partition coefficient (Wildman–Crippen LogP) is 4.58. The van der Waals surface area contributed by atoms with Gasteiger partial charge in [-0.3, -0.25) is 4.79 Å². The summed E-state index contributed by atoms with van der Waals surface area (Å²) in [6, 6.07) is 11.5. The van der Waals surface area contributed by atoms with Crippen LogP contribution in [0.25, 0.3) is 0 Å². The lowest BCUT2D eigenvalue weighted by atomic mass is 9.82. The van der Waals surface area contributed by atoms with Gasteiger partial charge in [-0.05, 0) is 62.2 Å². The molecule has 0 heterocycles. The van der Waals surface area contributed by atoms with Crippen LogP contribution in [-0.4, -0.2) is 22.6 Å². The van der Waals surface area contributed by atoms with Crippen LogP contribution in [0.4, 0.5) is 4.79 Å². The van der Waals surface area contributed by atoms with Crippen LogP contribution in [-0.2, 0) is 4.74 Å². The summed E-state index contributed by atoms with van der Waals surface area (Å²) in [5, 5.41) is 10.0. The first-order valence-electron chi connectivity index (χ1n) is 8.17. The van der Waals surface area contributed by atoms with Crippen LogP contribution >= 0.6 is 11.6 Å². The zero-order valence-corrected chi connectivity index (χ0v) is 15.7. The number of ether oxygens (including phenoxy) is 1. The maximum atomic E-state index is 13.1. The van der Waals surface area contributed by atoms with E-state index in [-0.39, 0.29) is 18.0 Å². The van der Waals surface area contributed by atoms with E-state index in [0.717, 1.165) is 11.1 Å². The highest BCUT2D eigenvalue weighted by atomic mass is 35.5. The highest BCUT2D eigenvalue weighted by Gasteiger charge is 2.32. The van der Waals surface area contributed by atoms with Crippen molar-refractivity contribution in [2.24, 2.45) is 5.73 Å². The van der Waals surface area contributed by atoms with Crippen LogP contribution in [0.2, 0.25) is 5.02 Å². The zero-order chi connectivity index (χ0) is 19.5. The quantitative estimate of drug-likeness (QED) is 0.723. The molecule has 0 aliphatic rings. The van der Waals surface area contributed by atoms with Gasteiger partial charge in [0.2, 0.25) is 0 Å². The fourth-order valence-electron chi connectivity index (χ4n) is 2.82. The lowest BCUT2D eigenvalue weighted by Gasteiger charge is -2.29. The summed E-state index contributed by atoms with van der Waals surface area (Å²) < 4.78 is 5.16. The normalized spacial score (nSPS) is 12.5. The van der Waals surface area contributed by atoms with Gasteiger partial charge in [-0.1, -0.05) is 23.7 Å². The van der Waals surface area contributed by atoms with Crippen molar-refractivity contribution in [3.8, 4) is 5.75 Å². The Labute approximate surface area is 157 Å². The molecule has 26 heavy (non-hydrogen) atoms. The second-order valence-electron chi connectivity index (χ2n) is 6.86. The number of aryl methyl sites for hydroxylation is 1. The van der Waals surface area contributed by atoms with Gasteiger partial charge >= 0.3 is 6.09 Å². The third-order valence-electron chi connectivity index (χ3n) is 4.14. The van der Waals surface area contributed by atoms with E-state index in [2.05, 4.69) is 0 Å². The summed E-state index contributed by atoms with van der Waals surface area (Å²) >= 11 is 6.24. The number of aromatic hydroxyl groups is 1. The molecule has 2 aromatic carbocycles. The number of ketones is 1. The van der Waals surface area contributed by atoms with Gasteiger partial charge in [-0.15, -0.1) is 0 Å². The Balaban J connectivity index is 2.43. The van der Waals surface area contributed by atoms with Crippen molar-refractivity contribution in [2.75, 3.05) is 0 Å². The van der Waals surface area contributed by atoms with Crippen molar-refractivity contribution in [1.29, 1.82) is 0 Å². The molecule has 1 unspecified atom stereocenters. The zero-order valence-electron chi connectivity index (χ0n) is 15.0. The average Bonchev–Trinajstić information content (AvgIpc) is 2.54. The molecule has 0 bridgehead atoms. The second kappa shape index (κ2) is 7.79. The van der Waals surface area contributed by atoms with E-state index in [1.165, 1.54) is 12.1 Å². The molecule has 0 saturated heterocycles. The van der Waals surface area contributed by atoms with E-state index in [1.807, 2.05) is 19.1 Å². The summed E-state index contributed by atoms with van der Waals surface area (Å²) in [5.74, 6) is -0.674. The number of Topliss-reactive ketones (excluding diaryl/α,β-unsaturated/α-hetero) is 1. The number of phenols is 1. The second-order valence-corrected chi connectivity index (χ2v) is 7.26. The topological polar surface area (TPSA) is 89.6 Å². The molecule has 138 valence electrons. The molecule has 6 heteroatoms. The Hall–Kier alpha value is -2.53. The highest BCUT2D eigenvalue weighted by molar-refractivity contribution is 6.31. The number of benzene rings is 2. The number of halogens is 1. The van der Waals surface area contributed by atoms with Crippen molar-refractivity contribution in [1.82, 2.24) is 0 Å². The number of primary amides is 1. The number of hydrogen-bond acceptors (Lipinski definition) is 4. The molecule has 2 aromatic rings. The van der Waals surface area contributed by atoms with E-state index in [4.69, 9.17) is 22.1 Å². The fourth-order valence-corrected chi connectivity index (χ4v) is 3.01. The molecule has 0 aromatic heterocycles. The Morgan fingerprint density at radius 1 is 1.19 bits per heavy atom. The van der Waals surface area contributed by atoms with Gasteiger partial charge in [0, 0.05) is 17.0 Å². The van der Waals surface area contributed by atoms with Crippen LogP contribution in [0.5, 0.6) is 5.75 Å². The SMILES string of the molecule is Cc1ccc(C(CC(C)(C)OC(N)=O)C(=O)c2ccc(O)cc2)cc1Cl. The number of nitrogens with two attached hydrogens (primary N) is 1. The third-order valence-corrected chi connectivity index (χ3v) is 4.55. The van der Waals surface area contributed by atoms with Gasteiger partial charge in [-0.2, -0.15) is 0 Å². The van der Waals surface area contributed by atoms with E-state index in [0.29, 0.717) is 10.6 Å². The fraction of sp³-hybridized carbons (Fsp3) is 0.300. The summed E-state index contributed by atoms with van der Waals surface area (Å²) in [7, 11) is 0. The average molecular weight is 376 g/mol. The summed E-state index contributed by atoms with van der Waals surface area (Å²) in [6.07, 6.45) is -0.664. The highest BCUT2D eigenvalue weighted by Crippen LogP contribution is 2.33. The Bertz CT molecular complexity index is 815. The number of phenolic OH excluding ortho intramolecular Hbond substituents is 1. The summed E-state index contributed by atoms with van der Waals surface area (Å²) in [5.41, 5.74) is 6.27. The Morgan fingerprint density at radius 2 is 1.81 bits per heavy atom. The van der Waals surface area contributed by atoms with Gasteiger partial charge in [0.05, 0.1) is 5.92 Å². The molecular weight excluding hydrogens is 354 g/mol. The molecule has 0 aliphatic heterocycles. The van der Waals surface area contributed by atoms with E-state index >= 15 is 0 Å². The Kier molecular flexibility index (Phi) is 5.93. The summed E-state index contributed by atoms with van der Waals surface area (Å²) in [6.45, 7) is 5.28. The molecular formula is C20H22ClNO4. The first-order chi connectivity index (χ1) is 12.1. The predicted molar refractivity (Wildman–Crippen MR) is 101 cm³/mol. The monoisotopic (exact) mass is 375 g/mol. The van der Waals surface area contributed by atoms with E-state index < -0.39 is 17.6 Å². The van der Waals surface area contributed by atoms with Crippen LogP contribution < -0.4 is 5.73 Å². The minimum atomic E-state index is -0.944. The molecule has 1 atom stereocenters. The number of hydrogen-bond donors (Lipinski definition) is 2. The number of rotatable bonds is 6. The molecule has 2 rings (SSSR count). The maximum Gasteiger partial charge on any atom is 0.405 e. The Morgan fingerprint density at radius 3 is 2.35 bits per heavy atom. The lowest BCUT2D eigenvalue weighted by Crippen LogP contribution is -2.34. The summed E-state index contributed by atoms with van der Waals surface area (Å²) in [4.78, 5) is 24.3. The molecule has 0 aliphatic carbocycles. The lowest BCUT2D eigenvalue weighted by molar-refractivity contribution is 0.0325. The van der Waals surface area contributed by atoms with Crippen LogP contribution in [0.1, 0.15) is 47.7 Å². The van der Waals surface area contributed by atoms with Crippen LogP contribution in [0, 0.1) is 6.92 Å². The first-order valence-corrected chi connectivity index (χ1v) is 8.54. The van der Waals surface area contributed by atoms with E-state index in [9.17, 15) is 14.7 Å². The molecule has 3 N–H and O–H groups in total. The third kappa shape index (κ3) is 4.99. The van der Waals surface area contributed by atoms with Crippen molar-refractivity contribution in [3.63, 3.8) is 0 Å². The molecule has 0 saturated carbocycles. The van der Waals surface area contributed by atoms with Gasteiger partial charge in [0.25, 0.3) is 0 Å². The molecule has 1 amide bonds. The first kappa shape index (κ1) is 19.8. The number of amides is 1. The van der Waals surface area contributed by atoms with Gasteiger partial charge in [-0.25, -0.2) is 4.79 Å². The largest absolute Gasteiger partial charge is 0.508 e. The standard InChI is InChI=1S/C20H22ClNO4/c1-12-4-5-14(10-17(12)21)16(11-20(2,3)26-19(22)25)18(24)13-6-8-15(23)9-7-13/h4-10,16,23H,11H2,1-3H3,(H2,22,25).